The Morgan fingerprint density at radius 2 is 1.42 bits per heavy atom. The van der Waals surface area contributed by atoms with Crippen molar-refractivity contribution in [3.05, 3.63) is 72.3 Å². The fourth-order valence-electron chi connectivity index (χ4n) is 4.89. The summed E-state index contributed by atoms with van der Waals surface area (Å²) < 4.78 is 17.0. The van der Waals surface area contributed by atoms with Gasteiger partial charge in [-0.05, 0) is 99.4 Å². The summed E-state index contributed by atoms with van der Waals surface area (Å²) in [4.78, 5) is 25.1. The van der Waals surface area contributed by atoms with Gasteiger partial charge in [0.1, 0.15) is 17.6 Å². The number of carbonyl (C=O) groups excluding carboxylic acids is 2. The van der Waals surface area contributed by atoms with Gasteiger partial charge in [0.2, 0.25) is 0 Å². The highest BCUT2D eigenvalue weighted by molar-refractivity contribution is 5.92. The van der Waals surface area contributed by atoms with Gasteiger partial charge >= 0.3 is 11.9 Å². The maximum atomic E-state index is 12.6. The van der Waals surface area contributed by atoms with Crippen LogP contribution in [0.1, 0.15) is 111 Å². The Kier molecular flexibility index (Phi) is 13.0. The monoisotopic (exact) mass is 520 g/mol. The quantitative estimate of drug-likeness (QED) is 0.0958. The number of allylic oxidation sites excluding steroid dienone is 1. The highest BCUT2D eigenvalue weighted by Gasteiger charge is 2.24. The molecule has 1 aliphatic rings. The maximum absolute atomic E-state index is 12.6. The van der Waals surface area contributed by atoms with Crippen LogP contribution in [0.25, 0.3) is 0 Å². The van der Waals surface area contributed by atoms with Crippen LogP contribution in [0, 0.1) is 5.92 Å². The first-order valence-electron chi connectivity index (χ1n) is 14.5. The van der Waals surface area contributed by atoms with E-state index >= 15 is 0 Å². The molecule has 1 aliphatic carbocycles. The fraction of sp³-hybridized carbons (Fsp3) is 0.515. The largest absolute Gasteiger partial charge is 0.494 e. The molecule has 5 nitrogen and oxygen atoms in total. The molecule has 3 rings (SSSR count). The smallest absolute Gasteiger partial charge is 0.343 e. The summed E-state index contributed by atoms with van der Waals surface area (Å²) in [6.07, 6.45) is 16.8. The third kappa shape index (κ3) is 10.4. The Morgan fingerprint density at radius 3 is 2.08 bits per heavy atom. The highest BCUT2D eigenvalue weighted by atomic mass is 16.5. The zero-order valence-electron chi connectivity index (χ0n) is 23.0. The first kappa shape index (κ1) is 29.5. The molecule has 1 fully saturated rings. The van der Waals surface area contributed by atoms with E-state index in [0.717, 1.165) is 56.6 Å². The molecule has 0 amide bonds. The Labute approximate surface area is 228 Å². The van der Waals surface area contributed by atoms with Crippen molar-refractivity contribution in [1.82, 2.24) is 0 Å². The van der Waals surface area contributed by atoms with E-state index in [9.17, 15) is 9.59 Å². The number of hydrogen-bond donors (Lipinski definition) is 0. The minimum absolute atomic E-state index is 0.00304. The van der Waals surface area contributed by atoms with E-state index in [1.807, 2.05) is 6.08 Å². The molecule has 0 aromatic heterocycles. The van der Waals surface area contributed by atoms with E-state index < -0.39 is 5.97 Å². The number of ether oxygens (including phenoxy) is 3. The summed E-state index contributed by atoms with van der Waals surface area (Å²) in [5.74, 6) is 1.13. The van der Waals surface area contributed by atoms with Crippen LogP contribution in [0.2, 0.25) is 0 Å². The minimum Gasteiger partial charge on any atom is -0.494 e. The lowest BCUT2D eigenvalue weighted by molar-refractivity contribution is 0.0161. The van der Waals surface area contributed by atoms with Crippen molar-refractivity contribution in [1.29, 1.82) is 0 Å². The summed E-state index contributed by atoms with van der Waals surface area (Å²) in [7, 11) is 0. The zero-order valence-corrected chi connectivity index (χ0v) is 23.0. The molecular weight excluding hydrogens is 476 g/mol. The van der Waals surface area contributed by atoms with Crippen LogP contribution >= 0.6 is 0 Å². The van der Waals surface area contributed by atoms with Crippen molar-refractivity contribution in [2.45, 2.75) is 96.5 Å². The van der Waals surface area contributed by atoms with Gasteiger partial charge in [-0.3, -0.25) is 0 Å². The van der Waals surface area contributed by atoms with E-state index in [-0.39, 0.29) is 12.1 Å². The van der Waals surface area contributed by atoms with Crippen LogP contribution in [-0.4, -0.2) is 24.6 Å². The normalized spacial score (nSPS) is 17.0. The lowest BCUT2D eigenvalue weighted by Crippen LogP contribution is -2.24. The van der Waals surface area contributed by atoms with Crippen molar-refractivity contribution < 1.29 is 23.8 Å². The molecule has 0 unspecified atom stereocenters. The van der Waals surface area contributed by atoms with E-state index in [1.165, 1.54) is 38.5 Å². The molecule has 206 valence electrons. The van der Waals surface area contributed by atoms with Gasteiger partial charge in [-0.15, -0.1) is 6.58 Å². The number of hydrogen-bond acceptors (Lipinski definition) is 5. The minimum atomic E-state index is -0.454. The van der Waals surface area contributed by atoms with Crippen LogP contribution in [0.15, 0.2) is 61.2 Å². The van der Waals surface area contributed by atoms with Crippen LogP contribution in [0.3, 0.4) is 0 Å². The molecule has 1 saturated carbocycles. The molecule has 0 radical (unpaired) electrons. The van der Waals surface area contributed by atoms with Gasteiger partial charge in [0.15, 0.2) is 0 Å². The molecule has 0 heterocycles. The predicted octanol–water partition coefficient (Wildman–Crippen LogP) is 8.72. The van der Waals surface area contributed by atoms with Crippen molar-refractivity contribution in [3.63, 3.8) is 0 Å². The van der Waals surface area contributed by atoms with Gasteiger partial charge in [-0.1, -0.05) is 51.5 Å². The van der Waals surface area contributed by atoms with Crippen LogP contribution in [0.5, 0.6) is 11.5 Å². The molecule has 2 aromatic rings. The van der Waals surface area contributed by atoms with Gasteiger partial charge in [-0.2, -0.15) is 0 Å². The number of esters is 2. The lowest BCUT2D eigenvalue weighted by atomic mass is 9.84. The second-order valence-corrected chi connectivity index (χ2v) is 10.3. The summed E-state index contributed by atoms with van der Waals surface area (Å²) in [5, 5.41) is 0. The molecule has 0 N–H and O–H groups in total. The van der Waals surface area contributed by atoms with Crippen LogP contribution in [0.4, 0.5) is 0 Å². The molecule has 0 spiro atoms. The van der Waals surface area contributed by atoms with E-state index in [1.54, 1.807) is 48.5 Å². The molecule has 0 atom stereocenters. The second kappa shape index (κ2) is 16.7. The molecule has 0 aliphatic heterocycles. The summed E-state index contributed by atoms with van der Waals surface area (Å²) in [6.45, 7) is 6.63. The van der Waals surface area contributed by atoms with E-state index in [0.29, 0.717) is 23.5 Å². The molecule has 2 aromatic carbocycles. The van der Waals surface area contributed by atoms with Crippen molar-refractivity contribution in [3.8, 4) is 11.5 Å². The average molecular weight is 521 g/mol. The van der Waals surface area contributed by atoms with Crippen molar-refractivity contribution in [2.24, 2.45) is 5.92 Å². The van der Waals surface area contributed by atoms with E-state index in [2.05, 4.69) is 13.5 Å². The Morgan fingerprint density at radius 1 is 0.789 bits per heavy atom. The fourth-order valence-corrected chi connectivity index (χ4v) is 4.89. The topological polar surface area (TPSA) is 61.8 Å². The summed E-state index contributed by atoms with van der Waals surface area (Å²) in [6, 6.07) is 13.5. The number of benzene rings is 2. The number of rotatable bonds is 16. The average Bonchev–Trinajstić information content (AvgIpc) is 2.94. The summed E-state index contributed by atoms with van der Waals surface area (Å²) >= 11 is 0. The van der Waals surface area contributed by atoms with Crippen LogP contribution in [-0.2, 0) is 4.74 Å². The second-order valence-electron chi connectivity index (χ2n) is 10.3. The third-order valence-corrected chi connectivity index (χ3v) is 7.25. The molecule has 0 saturated heterocycles. The zero-order chi connectivity index (χ0) is 27.0. The van der Waals surface area contributed by atoms with Gasteiger partial charge in [-0.25, -0.2) is 9.59 Å². The standard InChI is InChI=1S/C33H44O5/c1-3-5-7-8-9-11-25-36-29-21-15-27(16-22-29)32(34)38-31-23-17-28(18-24-31)33(35)37-30-19-13-26(14-20-30)12-10-6-4-2/h3,15-18,21-24,26,30H,1,4-14,19-20,25H2,2H3/t26-,30-. The number of carbonyl (C=O) groups is 2. The molecule has 38 heavy (non-hydrogen) atoms. The van der Waals surface area contributed by atoms with Crippen molar-refractivity contribution >= 4 is 11.9 Å². The van der Waals surface area contributed by atoms with Crippen molar-refractivity contribution in [2.75, 3.05) is 6.61 Å². The van der Waals surface area contributed by atoms with Crippen LogP contribution < -0.4 is 9.47 Å². The molecular formula is C33H44O5. The van der Waals surface area contributed by atoms with Gasteiger partial charge in [0.05, 0.1) is 17.7 Å². The van der Waals surface area contributed by atoms with Gasteiger partial charge in [0.25, 0.3) is 0 Å². The van der Waals surface area contributed by atoms with Gasteiger partial charge in [0, 0.05) is 0 Å². The Balaban J connectivity index is 1.37. The van der Waals surface area contributed by atoms with E-state index in [4.69, 9.17) is 14.2 Å². The van der Waals surface area contributed by atoms with Gasteiger partial charge < -0.3 is 14.2 Å². The first-order valence-corrected chi connectivity index (χ1v) is 14.5. The predicted molar refractivity (Wildman–Crippen MR) is 152 cm³/mol. The lowest BCUT2D eigenvalue weighted by Gasteiger charge is -2.28. The summed E-state index contributed by atoms with van der Waals surface area (Å²) in [5.41, 5.74) is 0.910. The first-order chi connectivity index (χ1) is 18.6. The number of unbranched alkanes of at least 4 members (excludes halogenated alkanes) is 6. The molecule has 0 bridgehead atoms. The Hall–Kier alpha value is -3.08. The Bertz CT molecular complexity index is 971. The SMILES string of the molecule is C=CCCCCCCOc1ccc(C(=O)Oc2ccc(C(=O)O[C@H]3CC[C@H](CCCCC)CC3)cc2)cc1. The highest BCUT2D eigenvalue weighted by Crippen LogP contribution is 2.30. The maximum Gasteiger partial charge on any atom is 0.343 e. The molecule has 5 heteroatoms. The third-order valence-electron chi connectivity index (χ3n) is 7.25.